The molecule has 8 N–H and O–H groups in total. The van der Waals surface area contributed by atoms with Crippen molar-refractivity contribution in [1.82, 2.24) is 0 Å². The zero-order valence-electron chi connectivity index (χ0n) is 12.0. The van der Waals surface area contributed by atoms with Crippen LogP contribution in [-0.2, 0) is 14.2 Å². The lowest BCUT2D eigenvalue weighted by molar-refractivity contribution is -0.165. The fourth-order valence-corrected chi connectivity index (χ4v) is 2.51. The molecular weight excluding hydrogens is 320 g/mol. The predicted octanol–water partition coefficient (Wildman–Crippen LogP) is -5.40. The molecule has 0 spiro atoms. The average Bonchev–Trinajstić information content (AvgIpc) is 2.92. The molecule has 0 bridgehead atoms. The molecule has 0 aromatic carbocycles. The molecule has 136 valence electrons. The maximum Gasteiger partial charge on any atom is 0.184 e. The van der Waals surface area contributed by atoms with Crippen molar-refractivity contribution >= 4 is 0 Å². The second kappa shape index (κ2) is 7.63. The van der Waals surface area contributed by atoms with Crippen LogP contribution in [0.1, 0.15) is 0 Å². The molecule has 0 radical (unpaired) electrons. The van der Waals surface area contributed by atoms with Gasteiger partial charge in [-0.05, 0) is 0 Å². The molecule has 0 aromatic heterocycles. The molecule has 2 aliphatic rings. The third-order valence-electron chi connectivity index (χ3n) is 3.89. The molecule has 0 unspecified atom stereocenters. The van der Waals surface area contributed by atoms with Crippen LogP contribution >= 0.6 is 0 Å². The van der Waals surface area contributed by atoms with Crippen molar-refractivity contribution in [1.29, 1.82) is 0 Å². The Labute approximate surface area is 130 Å². The van der Waals surface area contributed by atoms with Gasteiger partial charge in [-0.3, -0.25) is 0 Å². The van der Waals surface area contributed by atoms with E-state index in [1.807, 2.05) is 0 Å². The maximum absolute atomic E-state index is 9.79. The predicted molar refractivity (Wildman–Crippen MR) is 68.6 cm³/mol. The minimum Gasteiger partial charge on any atom is -0.388 e. The Morgan fingerprint density at radius 2 is 1.00 bits per heavy atom. The highest BCUT2D eigenvalue weighted by Crippen LogP contribution is 2.24. The third-order valence-corrected chi connectivity index (χ3v) is 3.89. The lowest BCUT2D eigenvalue weighted by Gasteiger charge is -2.23. The van der Waals surface area contributed by atoms with E-state index in [9.17, 15) is 40.9 Å². The molecule has 0 amide bonds. The first-order valence-corrected chi connectivity index (χ1v) is 7.07. The smallest absolute Gasteiger partial charge is 0.184 e. The first-order chi connectivity index (χ1) is 10.7. The molecule has 2 heterocycles. The van der Waals surface area contributed by atoms with Gasteiger partial charge in [-0.25, -0.2) is 0 Å². The summed E-state index contributed by atoms with van der Waals surface area (Å²) < 4.78 is 14.6. The van der Waals surface area contributed by atoms with Crippen molar-refractivity contribution in [2.75, 3.05) is 13.2 Å². The van der Waals surface area contributed by atoms with Crippen LogP contribution in [-0.4, -0.2) is 115 Å². The third kappa shape index (κ3) is 3.97. The molecule has 0 saturated carbocycles. The number of hydrogen-bond acceptors (Lipinski definition) is 11. The average molecular weight is 342 g/mol. The molecule has 2 saturated heterocycles. The van der Waals surface area contributed by atoms with E-state index < -0.39 is 74.6 Å². The van der Waals surface area contributed by atoms with Crippen molar-refractivity contribution < 1.29 is 55.1 Å². The molecule has 0 aliphatic carbocycles. The number of aliphatic hydroxyl groups excluding tert-OH is 8. The SMILES string of the molecule is O[C@@H]1[C@H](O)[C@@H]([C@H](O)COC[C@@H](O)[C@H]2O[C@@H](O)[C@H](O)[C@@H]2O)O[C@H]1O. The fraction of sp³-hybridized carbons (Fsp3) is 1.00. The molecule has 11 nitrogen and oxygen atoms in total. The molecule has 0 aromatic rings. The summed E-state index contributed by atoms with van der Waals surface area (Å²) >= 11 is 0. The summed E-state index contributed by atoms with van der Waals surface area (Å²) in [6, 6.07) is 0. The standard InChI is InChI=1S/C12H22O11/c13-3(9-5(15)7(17)11(19)22-9)1-21-2-4(14)10-6(16)8(18)12(20)23-10/h3-20H,1-2H2/t3-,4-,5+,6+,7-,8-,9-,10-,11-,12-/m1/s1. The highest BCUT2D eigenvalue weighted by molar-refractivity contribution is 4.91. The first kappa shape index (κ1) is 18.9. The van der Waals surface area contributed by atoms with Crippen LogP contribution in [0, 0.1) is 0 Å². The van der Waals surface area contributed by atoms with Gasteiger partial charge in [0.25, 0.3) is 0 Å². The van der Waals surface area contributed by atoms with Crippen molar-refractivity contribution in [3.63, 3.8) is 0 Å². The van der Waals surface area contributed by atoms with Crippen LogP contribution in [0.2, 0.25) is 0 Å². The number of ether oxygens (including phenoxy) is 3. The minimum absolute atomic E-state index is 0.411. The lowest BCUT2D eigenvalue weighted by atomic mass is 10.1. The Hall–Kier alpha value is -0.440. The summed E-state index contributed by atoms with van der Waals surface area (Å²) in [5.74, 6) is 0. The fourth-order valence-electron chi connectivity index (χ4n) is 2.51. The van der Waals surface area contributed by atoms with Crippen molar-refractivity contribution in [2.24, 2.45) is 0 Å². The van der Waals surface area contributed by atoms with Crippen LogP contribution in [0.3, 0.4) is 0 Å². The maximum atomic E-state index is 9.79. The van der Waals surface area contributed by atoms with Gasteiger partial charge in [-0.1, -0.05) is 0 Å². The molecule has 2 fully saturated rings. The summed E-state index contributed by atoms with van der Waals surface area (Å²) in [7, 11) is 0. The monoisotopic (exact) mass is 342 g/mol. The van der Waals surface area contributed by atoms with Crippen LogP contribution in [0.25, 0.3) is 0 Å². The van der Waals surface area contributed by atoms with Crippen molar-refractivity contribution in [2.45, 2.75) is 61.4 Å². The molecule has 10 atom stereocenters. The van der Waals surface area contributed by atoms with E-state index in [2.05, 4.69) is 0 Å². The zero-order valence-corrected chi connectivity index (χ0v) is 12.0. The van der Waals surface area contributed by atoms with Gasteiger partial charge in [0.05, 0.1) is 13.2 Å². The second-order valence-electron chi connectivity index (χ2n) is 5.62. The molecular formula is C12H22O11. The molecule has 23 heavy (non-hydrogen) atoms. The van der Waals surface area contributed by atoms with Crippen LogP contribution in [0.4, 0.5) is 0 Å². The van der Waals surface area contributed by atoms with E-state index in [4.69, 9.17) is 14.2 Å². The van der Waals surface area contributed by atoms with Gasteiger partial charge in [0, 0.05) is 0 Å². The summed E-state index contributed by atoms with van der Waals surface area (Å²) in [5.41, 5.74) is 0. The van der Waals surface area contributed by atoms with E-state index in [1.54, 1.807) is 0 Å². The van der Waals surface area contributed by atoms with Crippen LogP contribution in [0.15, 0.2) is 0 Å². The van der Waals surface area contributed by atoms with Crippen molar-refractivity contribution in [3.05, 3.63) is 0 Å². The molecule has 2 rings (SSSR count). The van der Waals surface area contributed by atoms with E-state index in [0.717, 1.165) is 0 Å². The summed E-state index contributed by atoms with van der Waals surface area (Å²) in [6.07, 6.45) is -14.7. The highest BCUT2D eigenvalue weighted by Gasteiger charge is 2.46. The number of rotatable bonds is 6. The number of hydrogen-bond donors (Lipinski definition) is 8. The minimum atomic E-state index is -1.62. The summed E-state index contributed by atoms with van der Waals surface area (Å²) in [5, 5.41) is 75.8. The van der Waals surface area contributed by atoms with E-state index in [1.165, 1.54) is 0 Å². The van der Waals surface area contributed by atoms with E-state index >= 15 is 0 Å². The lowest BCUT2D eigenvalue weighted by Crippen LogP contribution is -2.43. The molecule has 2 aliphatic heterocycles. The number of aliphatic hydroxyl groups is 8. The van der Waals surface area contributed by atoms with Gasteiger partial charge < -0.3 is 55.1 Å². The molecule has 11 heteroatoms. The Kier molecular flexibility index (Phi) is 6.27. The summed E-state index contributed by atoms with van der Waals surface area (Å²) in [6.45, 7) is -0.821. The Balaban J connectivity index is 1.74. The highest BCUT2D eigenvalue weighted by atomic mass is 16.7. The Bertz CT molecular complexity index is 348. The van der Waals surface area contributed by atoms with Gasteiger partial charge in [0.2, 0.25) is 0 Å². The van der Waals surface area contributed by atoms with Gasteiger partial charge in [0.1, 0.15) is 48.8 Å². The normalized spacial score (nSPS) is 47.0. The zero-order chi connectivity index (χ0) is 17.3. The van der Waals surface area contributed by atoms with Crippen LogP contribution < -0.4 is 0 Å². The summed E-state index contributed by atoms with van der Waals surface area (Å²) in [4.78, 5) is 0. The Morgan fingerprint density at radius 3 is 1.26 bits per heavy atom. The van der Waals surface area contributed by atoms with Gasteiger partial charge in [-0.15, -0.1) is 0 Å². The largest absolute Gasteiger partial charge is 0.388 e. The van der Waals surface area contributed by atoms with E-state index in [0.29, 0.717) is 0 Å². The van der Waals surface area contributed by atoms with E-state index in [-0.39, 0.29) is 0 Å². The first-order valence-electron chi connectivity index (χ1n) is 7.07. The van der Waals surface area contributed by atoms with Crippen molar-refractivity contribution in [3.8, 4) is 0 Å². The topological polar surface area (TPSA) is 190 Å². The second-order valence-corrected chi connectivity index (χ2v) is 5.62. The van der Waals surface area contributed by atoms with Gasteiger partial charge in [0.15, 0.2) is 12.6 Å². The van der Waals surface area contributed by atoms with Crippen LogP contribution in [0.5, 0.6) is 0 Å². The quantitative estimate of drug-likeness (QED) is 0.230. The van der Waals surface area contributed by atoms with Gasteiger partial charge in [-0.2, -0.15) is 0 Å². The Morgan fingerprint density at radius 1 is 0.652 bits per heavy atom. The van der Waals surface area contributed by atoms with Gasteiger partial charge >= 0.3 is 0 Å².